The molecule has 3 aromatic carbocycles. The highest BCUT2D eigenvalue weighted by Crippen LogP contribution is 2.44. The van der Waals surface area contributed by atoms with Crippen LogP contribution in [0.2, 0.25) is 5.02 Å². The minimum absolute atomic E-state index is 0.0352. The number of hydrogen-bond donors (Lipinski definition) is 3. The van der Waals surface area contributed by atoms with Gasteiger partial charge in [-0.05, 0) is 111 Å². The zero-order valence-electron chi connectivity index (χ0n) is 33.7. The molecule has 0 radical (unpaired) electrons. The number of thiophene rings is 1. The fourth-order valence-corrected chi connectivity index (χ4v) is 10.3. The number of fused-ring (bicyclic) bond motifs is 1. The molecule has 0 saturated carbocycles. The molecule has 2 aliphatic rings. The molecule has 0 bridgehead atoms. The van der Waals surface area contributed by atoms with Crippen LogP contribution in [0.15, 0.2) is 88.8 Å². The minimum atomic E-state index is -4.66. The molecule has 1 aliphatic carbocycles. The lowest BCUT2D eigenvalue weighted by Gasteiger charge is -2.39. The van der Waals surface area contributed by atoms with Crippen molar-refractivity contribution in [2.24, 2.45) is 5.41 Å². The van der Waals surface area contributed by atoms with E-state index in [1.807, 2.05) is 55.5 Å². The van der Waals surface area contributed by atoms with Gasteiger partial charge in [0.2, 0.25) is 0 Å². The third kappa shape index (κ3) is 10.1. The van der Waals surface area contributed by atoms with E-state index in [1.54, 1.807) is 24.3 Å². The van der Waals surface area contributed by atoms with E-state index in [4.69, 9.17) is 16.3 Å². The Hall–Kier alpha value is -4.93. The molecule has 312 valence electrons. The van der Waals surface area contributed by atoms with Crippen LogP contribution in [-0.4, -0.2) is 93.9 Å². The van der Waals surface area contributed by atoms with Gasteiger partial charge in [-0.2, -0.15) is 0 Å². The van der Waals surface area contributed by atoms with Crippen LogP contribution in [0.1, 0.15) is 55.5 Å². The summed E-state index contributed by atoms with van der Waals surface area (Å²) in [4.78, 5) is 34.6. The van der Waals surface area contributed by atoms with Crippen LogP contribution in [0.4, 0.5) is 16.4 Å². The van der Waals surface area contributed by atoms with Crippen LogP contribution in [0, 0.1) is 15.5 Å². The molecule has 1 fully saturated rings. The van der Waals surface area contributed by atoms with Gasteiger partial charge in [0.25, 0.3) is 15.9 Å². The number of rotatable bonds is 15. The molecule has 5 aromatic rings. The van der Waals surface area contributed by atoms with E-state index in [-0.39, 0.29) is 21.7 Å². The van der Waals surface area contributed by atoms with E-state index in [0.717, 1.165) is 91.5 Å². The number of sulfonamides is 1. The smallest absolute Gasteiger partial charge is 0.323 e. The summed E-state index contributed by atoms with van der Waals surface area (Å²) in [5, 5.41) is 18.0. The van der Waals surface area contributed by atoms with Crippen molar-refractivity contribution in [2.45, 2.75) is 44.4 Å². The number of allylic oxidation sites excluding steroid dienone is 1. The molecule has 0 unspecified atom stereocenters. The van der Waals surface area contributed by atoms with Gasteiger partial charge >= 0.3 is 5.69 Å². The van der Waals surface area contributed by atoms with Gasteiger partial charge in [0.1, 0.15) is 11.5 Å². The van der Waals surface area contributed by atoms with Crippen LogP contribution in [0.5, 0.6) is 11.5 Å². The second-order valence-electron chi connectivity index (χ2n) is 16.3. The maximum atomic E-state index is 13.9. The third-order valence-corrected chi connectivity index (χ3v) is 13.7. The molecule has 1 amide bonds. The van der Waals surface area contributed by atoms with E-state index < -0.39 is 31.4 Å². The van der Waals surface area contributed by atoms with Crippen LogP contribution >= 0.6 is 22.9 Å². The van der Waals surface area contributed by atoms with Gasteiger partial charge in [-0.3, -0.25) is 19.8 Å². The summed E-state index contributed by atoms with van der Waals surface area (Å²) < 4.78 is 35.8. The summed E-state index contributed by atoms with van der Waals surface area (Å²) >= 11 is 7.14. The predicted octanol–water partition coefficient (Wildman–Crippen LogP) is 8.85. The zero-order chi connectivity index (χ0) is 41.9. The van der Waals surface area contributed by atoms with Gasteiger partial charge < -0.3 is 24.8 Å². The van der Waals surface area contributed by atoms with Gasteiger partial charge in [0, 0.05) is 78.5 Å². The first-order valence-corrected chi connectivity index (χ1v) is 22.4. The zero-order valence-corrected chi connectivity index (χ0v) is 36.1. The Bertz CT molecular complexity index is 2470. The van der Waals surface area contributed by atoms with Crippen molar-refractivity contribution in [1.82, 2.24) is 19.5 Å². The summed E-state index contributed by atoms with van der Waals surface area (Å²) in [5.74, 6) is -0.367. The molecule has 1 aliphatic heterocycles. The number of halogens is 1. The number of ether oxygens (including phenoxy) is 1. The SMILES string of the molecule is CN(C)CCCNc1scc(S(=O)(=O)NC(=O)c2ccc(N3CCN(CC4=C(c5ccc(Cl)cc5)CC(C)(C)CC4)CC3)cc2Oc2ccc3[nH]ccc3c2)c1[N+](=O)[O-]. The van der Waals surface area contributed by atoms with E-state index >= 15 is 0 Å². The molecule has 3 heterocycles. The molecule has 7 rings (SSSR count). The lowest BCUT2D eigenvalue weighted by molar-refractivity contribution is -0.386. The Kier molecular flexibility index (Phi) is 12.7. The number of anilines is 2. The highest BCUT2D eigenvalue weighted by molar-refractivity contribution is 7.90. The second kappa shape index (κ2) is 17.7. The first-order chi connectivity index (χ1) is 28.2. The Morgan fingerprint density at radius 1 is 1.05 bits per heavy atom. The Morgan fingerprint density at radius 3 is 2.54 bits per heavy atom. The van der Waals surface area contributed by atoms with E-state index in [9.17, 15) is 23.3 Å². The van der Waals surface area contributed by atoms with Crippen molar-refractivity contribution in [3.8, 4) is 11.5 Å². The number of benzene rings is 3. The fourth-order valence-electron chi connectivity index (χ4n) is 7.75. The molecule has 13 nitrogen and oxygen atoms in total. The van der Waals surface area contributed by atoms with Gasteiger partial charge in [0.15, 0.2) is 9.90 Å². The van der Waals surface area contributed by atoms with Gasteiger partial charge in [-0.25, -0.2) is 13.1 Å². The average Bonchev–Trinajstić information content (AvgIpc) is 3.85. The van der Waals surface area contributed by atoms with Crippen molar-refractivity contribution in [2.75, 3.05) is 70.1 Å². The van der Waals surface area contributed by atoms with E-state index in [0.29, 0.717) is 18.7 Å². The second-order valence-corrected chi connectivity index (χ2v) is 19.2. The highest BCUT2D eigenvalue weighted by atomic mass is 35.5. The number of piperazine rings is 1. The molecule has 59 heavy (non-hydrogen) atoms. The number of nitro groups is 1. The summed E-state index contributed by atoms with van der Waals surface area (Å²) in [5.41, 5.74) is 5.44. The molecular formula is C43H50ClN7O6S2. The summed E-state index contributed by atoms with van der Waals surface area (Å²) in [6.45, 7) is 9.83. The maximum absolute atomic E-state index is 13.9. The lowest BCUT2D eigenvalue weighted by atomic mass is 9.72. The first kappa shape index (κ1) is 42.2. The number of amides is 1. The van der Waals surface area contributed by atoms with Gasteiger partial charge in [-0.1, -0.05) is 43.2 Å². The quantitative estimate of drug-likeness (QED) is 0.0529. The van der Waals surface area contributed by atoms with Crippen molar-refractivity contribution in [1.29, 1.82) is 0 Å². The molecule has 3 N–H and O–H groups in total. The highest BCUT2D eigenvalue weighted by Gasteiger charge is 2.34. The number of H-pyrrole nitrogens is 1. The van der Waals surface area contributed by atoms with E-state index in [2.05, 4.69) is 50.8 Å². The Balaban J connectivity index is 1.10. The van der Waals surface area contributed by atoms with Gasteiger partial charge in [-0.15, -0.1) is 11.3 Å². The van der Waals surface area contributed by atoms with Crippen LogP contribution < -0.4 is 19.7 Å². The van der Waals surface area contributed by atoms with E-state index in [1.165, 1.54) is 22.1 Å². The molecule has 1 saturated heterocycles. The summed E-state index contributed by atoms with van der Waals surface area (Å²) in [6, 6.07) is 20.6. The van der Waals surface area contributed by atoms with Crippen molar-refractivity contribution >= 4 is 71.7 Å². The normalized spacial score (nSPS) is 16.1. The Morgan fingerprint density at radius 2 is 1.81 bits per heavy atom. The molecule has 0 spiro atoms. The van der Waals surface area contributed by atoms with Crippen LogP contribution in [0.3, 0.4) is 0 Å². The summed E-state index contributed by atoms with van der Waals surface area (Å²) in [6.07, 6.45) is 5.71. The fraction of sp³-hybridized carbons (Fsp3) is 0.372. The number of nitrogens with one attached hydrogen (secondary N) is 3. The predicted molar refractivity (Wildman–Crippen MR) is 237 cm³/mol. The topological polar surface area (TPSA) is 153 Å². The number of carbonyl (C=O) groups is 1. The van der Waals surface area contributed by atoms with Gasteiger partial charge in [0.05, 0.1) is 10.5 Å². The number of carbonyl (C=O) groups excluding carboxylic acids is 1. The van der Waals surface area contributed by atoms with Crippen molar-refractivity contribution in [3.05, 3.63) is 110 Å². The molecule has 0 atom stereocenters. The number of nitrogens with zero attached hydrogens (tertiary/aromatic N) is 4. The van der Waals surface area contributed by atoms with Crippen molar-refractivity contribution < 1.29 is 22.9 Å². The number of aromatic nitrogens is 1. The van der Waals surface area contributed by atoms with Crippen LogP contribution in [0.25, 0.3) is 16.5 Å². The minimum Gasteiger partial charge on any atom is -0.456 e. The lowest BCUT2D eigenvalue weighted by Crippen LogP contribution is -2.47. The Labute approximate surface area is 354 Å². The monoisotopic (exact) mass is 859 g/mol. The largest absolute Gasteiger partial charge is 0.456 e. The van der Waals surface area contributed by atoms with Crippen molar-refractivity contribution in [3.63, 3.8) is 0 Å². The first-order valence-electron chi connectivity index (χ1n) is 19.7. The summed E-state index contributed by atoms with van der Waals surface area (Å²) in [7, 11) is -0.822. The van der Waals surface area contributed by atoms with Crippen LogP contribution in [-0.2, 0) is 10.0 Å². The molecular weight excluding hydrogens is 810 g/mol. The standard InChI is InChI=1S/C43H50ClN7O6S2/c1-43(2)16-14-31(36(26-43)29-6-8-32(44)9-7-29)27-49-20-22-50(23-21-49)33-10-12-35(38(25-33)57-34-11-13-37-30(24-34)15-18-45-37)41(52)47-59(55,56)39-28-58-42(40(39)51(53)54)46-17-5-19-48(3)4/h6-13,15,18,24-25,28,45-46H,5,14,16-17,19-23,26-27H2,1-4H3,(H,47,52). The number of hydrogen-bond acceptors (Lipinski definition) is 11. The molecule has 16 heteroatoms. The number of aromatic amines is 1. The third-order valence-electron chi connectivity index (χ3n) is 11.0. The maximum Gasteiger partial charge on any atom is 0.323 e. The molecule has 2 aromatic heterocycles. The average molecular weight is 861 g/mol.